The highest BCUT2D eigenvalue weighted by atomic mass is 16.3. The Bertz CT molecular complexity index is 596. The lowest BCUT2D eigenvalue weighted by Gasteiger charge is -2.32. The average molecular weight is 346 g/mol. The van der Waals surface area contributed by atoms with E-state index in [9.17, 15) is 14.7 Å². The second-order valence-corrected chi connectivity index (χ2v) is 8.10. The molecular weight excluding hydrogens is 316 g/mol. The van der Waals surface area contributed by atoms with Crippen LogP contribution >= 0.6 is 0 Å². The summed E-state index contributed by atoms with van der Waals surface area (Å²) >= 11 is 0. The minimum absolute atomic E-state index is 0.00459. The molecule has 1 saturated carbocycles. The quantitative estimate of drug-likeness (QED) is 0.767. The lowest BCUT2D eigenvalue weighted by atomic mass is 9.85. The second kappa shape index (κ2) is 8.00. The van der Waals surface area contributed by atoms with E-state index in [1.54, 1.807) is 12.1 Å². The minimum atomic E-state index is -0.759. The van der Waals surface area contributed by atoms with E-state index < -0.39 is 11.0 Å². The van der Waals surface area contributed by atoms with Gasteiger partial charge in [0.15, 0.2) is 0 Å². The number of carbonyl (C=O) groups excluding carboxylic acids is 2. The Labute approximate surface area is 150 Å². The molecule has 1 fully saturated rings. The van der Waals surface area contributed by atoms with Crippen LogP contribution in [0.25, 0.3) is 0 Å². The van der Waals surface area contributed by atoms with Gasteiger partial charge in [-0.3, -0.25) is 9.59 Å². The Morgan fingerprint density at radius 2 is 1.64 bits per heavy atom. The van der Waals surface area contributed by atoms with Gasteiger partial charge in [0.05, 0.1) is 5.60 Å². The van der Waals surface area contributed by atoms with Crippen molar-refractivity contribution in [3.63, 3.8) is 0 Å². The Kier molecular flexibility index (Phi) is 6.22. The number of carbonyl (C=O) groups is 2. The van der Waals surface area contributed by atoms with Crippen molar-refractivity contribution in [2.24, 2.45) is 5.41 Å². The zero-order chi connectivity index (χ0) is 18.5. The molecule has 2 amide bonds. The molecule has 1 aromatic carbocycles. The van der Waals surface area contributed by atoms with Crippen LogP contribution in [0.4, 0.5) is 0 Å². The van der Waals surface area contributed by atoms with Crippen molar-refractivity contribution >= 4 is 11.8 Å². The third kappa shape index (κ3) is 5.85. The van der Waals surface area contributed by atoms with Crippen molar-refractivity contribution in [3.8, 4) is 0 Å². The molecule has 0 aromatic heterocycles. The van der Waals surface area contributed by atoms with Gasteiger partial charge >= 0.3 is 0 Å². The lowest BCUT2D eigenvalue weighted by Crippen LogP contribution is -2.44. The van der Waals surface area contributed by atoms with Crippen LogP contribution in [-0.2, 0) is 11.3 Å². The van der Waals surface area contributed by atoms with Crippen LogP contribution in [0.3, 0.4) is 0 Å². The van der Waals surface area contributed by atoms with Crippen molar-refractivity contribution < 1.29 is 14.7 Å². The second-order valence-electron chi connectivity index (χ2n) is 8.10. The summed E-state index contributed by atoms with van der Waals surface area (Å²) in [6.07, 6.45) is 4.69. The van der Waals surface area contributed by atoms with Crippen LogP contribution in [-0.4, -0.2) is 29.1 Å². The molecule has 0 spiro atoms. The zero-order valence-electron chi connectivity index (χ0n) is 15.5. The van der Waals surface area contributed by atoms with E-state index in [1.807, 2.05) is 32.9 Å². The molecule has 0 aliphatic heterocycles. The van der Waals surface area contributed by atoms with Crippen LogP contribution < -0.4 is 10.6 Å². The summed E-state index contributed by atoms with van der Waals surface area (Å²) in [7, 11) is 0. The highest BCUT2D eigenvalue weighted by molar-refractivity contribution is 5.94. The largest absolute Gasteiger partial charge is 0.388 e. The van der Waals surface area contributed by atoms with Gasteiger partial charge in [-0.25, -0.2) is 0 Å². The molecule has 1 aliphatic rings. The van der Waals surface area contributed by atoms with E-state index in [0.717, 1.165) is 37.7 Å². The van der Waals surface area contributed by atoms with E-state index in [1.165, 1.54) is 0 Å². The molecule has 3 N–H and O–H groups in total. The van der Waals surface area contributed by atoms with Gasteiger partial charge in [-0.2, -0.15) is 0 Å². The first kappa shape index (κ1) is 19.4. The van der Waals surface area contributed by atoms with Gasteiger partial charge in [-0.1, -0.05) is 52.2 Å². The van der Waals surface area contributed by atoms with Crippen molar-refractivity contribution in [2.45, 2.75) is 65.0 Å². The first-order valence-electron chi connectivity index (χ1n) is 9.07. The molecule has 2 rings (SSSR count). The lowest BCUT2D eigenvalue weighted by molar-refractivity contribution is -0.128. The molecule has 5 heteroatoms. The SMILES string of the molecule is CC(C)(C)C(=O)NCc1ccc(C(=O)NCC2(O)CCCCC2)cc1. The van der Waals surface area contributed by atoms with Crippen LogP contribution in [0.15, 0.2) is 24.3 Å². The summed E-state index contributed by atoms with van der Waals surface area (Å²) in [5, 5.41) is 16.2. The monoisotopic (exact) mass is 346 g/mol. The molecular formula is C20H30N2O3. The number of hydrogen-bond donors (Lipinski definition) is 3. The summed E-state index contributed by atoms with van der Waals surface area (Å²) in [6, 6.07) is 7.18. The van der Waals surface area contributed by atoms with E-state index in [0.29, 0.717) is 18.7 Å². The van der Waals surface area contributed by atoms with E-state index >= 15 is 0 Å². The van der Waals surface area contributed by atoms with Crippen molar-refractivity contribution in [1.29, 1.82) is 0 Å². The summed E-state index contributed by atoms with van der Waals surface area (Å²) in [5.41, 5.74) is 0.329. The molecule has 25 heavy (non-hydrogen) atoms. The molecule has 0 atom stereocenters. The summed E-state index contributed by atoms with van der Waals surface area (Å²) in [4.78, 5) is 24.1. The van der Waals surface area contributed by atoms with E-state index in [2.05, 4.69) is 10.6 Å². The maximum atomic E-state index is 12.2. The predicted octanol–water partition coefficient (Wildman–Crippen LogP) is 2.77. The fourth-order valence-electron chi connectivity index (χ4n) is 2.96. The predicted molar refractivity (Wildman–Crippen MR) is 98.1 cm³/mol. The van der Waals surface area contributed by atoms with Gasteiger partial charge in [0.25, 0.3) is 5.91 Å². The molecule has 138 valence electrons. The number of benzene rings is 1. The molecule has 5 nitrogen and oxygen atoms in total. The topological polar surface area (TPSA) is 78.4 Å². The van der Waals surface area contributed by atoms with Gasteiger partial charge in [0, 0.05) is 24.1 Å². The van der Waals surface area contributed by atoms with E-state index in [-0.39, 0.29) is 11.8 Å². The first-order chi connectivity index (χ1) is 11.7. The number of aliphatic hydroxyl groups is 1. The zero-order valence-corrected chi connectivity index (χ0v) is 15.5. The molecule has 0 bridgehead atoms. The maximum Gasteiger partial charge on any atom is 0.251 e. The van der Waals surface area contributed by atoms with Crippen LogP contribution in [0.2, 0.25) is 0 Å². The van der Waals surface area contributed by atoms with Crippen molar-refractivity contribution in [2.75, 3.05) is 6.54 Å². The van der Waals surface area contributed by atoms with Gasteiger partial charge in [0.1, 0.15) is 0 Å². The third-order valence-electron chi connectivity index (χ3n) is 4.71. The molecule has 0 saturated heterocycles. The van der Waals surface area contributed by atoms with Gasteiger partial charge < -0.3 is 15.7 Å². The number of nitrogens with one attached hydrogen (secondary N) is 2. The Balaban J connectivity index is 1.84. The summed E-state index contributed by atoms with van der Waals surface area (Å²) in [6.45, 7) is 6.36. The molecule has 1 aliphatic carbocycles. The maximum absolute atomic E-state index is 12.2. The third-order valence-corrected chi connectivity index (χ3v) is 4.71. The van der Waals surface area contributed by atoms with Crippen molar-refractivity contribution in [3.05, 3.63) is 35.4 Å². The van der Waals surface area contributed by atoms with Crippen molar-refractivity contribution in [1.82, 2.24) is 10.6 Å². The fourth-order valence-corrected chi connectivity index (χ4v) is 2.96. The molecule has 0 unspecified atom stereocenters. The minimum Gasteiger partial charge on any atom is -0.388 e. The number of rotatable bonds is 5. The van der Waals surface area contributed by atoms with Gasteiger partial charge in [-0.15, -0.1) is 0 Å². The average Bonchev–Trinajstić information content (AvgIpc) is 2.58. The smallest absolute Gasteiger partial charge is 0.251 e. The summed E-state index contributed by atoms with van der Waals surface area (Å²) < 4.78 is 0. The van der Waals surface area contributed by atoms with Gasteiger partial charge in [0.2, 0.25) is 5.91 Å². The fraction of sp³-hybridized carbons (Fsp3) is 0.600. The number of hydrogen-bond acceptors (Lipinski definition) is 3. The van der Waals surface area contributed by atoms with Crippen LogP contribution in [0.1, 0.15) is 68.8 Å². The van der Waals surface area contributed by atoms with Crippen LogP contribution in [0, 0.1) is 5.41 Å². The van der Waals surface area contributed by atoms with Gasteiger partial charge in [-0.05, 0) is 30.5 Å². The van der Waals surface area contributed by atoms with Crippen LogP contribution in [0.5, 0.6) is 0 Å². The Morgan fingerprint density at radius 3 is 2.20 bits per heavy atom. The first-order valence-corrected chi connectivity index (χ1v) is 9.07. The van der Waals surface area contributed by atoms with E-state index in [4.69, 9.17) is 0 Å². The molecule has 0 heterocycles. The normalized spacial score (nSPS) is 17.0. The molecule has 1 aromatic rings. The Morgan fingerprint density at radius 1 is 1.04 bits per heavy atom. The Hall–Kier alpha value is -1.88. The standard InChI is InChI=1S/C20H30N2O3/c1-19(2,3)18(24)21-13-15-7-9-16(10-8-15)17(23)22-14-20(25)11-5-4-6-12-20/h7-10,25H,4-6,11-14H2,1-3H3,(H,21,24)(H,22,23). The highest BCUT2D eigenvalue weighted by Gasteiger charge is 2.29. The number of amides is 2. The molecule has 0 radical (unpaired) electrons. The summed E-state index contributed by atoms with van der Waals surface area (Å²) in [5.74, 6) is -0.181. The highest BCUT2D eigenvalue weighted by Crippen LogP contribution is 2.27.